The van der Waals surface area contributed by atoms with Crippen molar-refractivity contribution in [3.63, 3.8) is 0 Å². The van der Waals surface area contributed by atoms with Crippen LogP contribution in [0.15, 0.2) is 54.6 Å². The first-order valence-corrected chi connectivity index (χ1v) is 16.7. The minimum Gasteiger partial charge on any atom is -0.457 e. The number of benzene rings is 3. The van der Waals surface area contributed by atoms with Crippen molar-refractivity contribution < 1.29 is 31.5 Å². The van der Waals surface area contributed by atoms with Crippen molar-refractivity contribution in [1.29, 1.82) is 0 Å². The van der Waals surface area contributed by atoms with E-state index in [-0.39, 0.29) is 22.4 Å². The molecule has 1 aliphatic heterocycles. The number of amides is 3. The van der Waals surface area contributed by atoms with Crippen molar-refractivity contribution >= 4 is 44.9 Å². The number of carbonyl (C=O) groups is 2. The van der Waals surface area contributed by atoms with Gasteiger partial charge in [0.25, 0.3) is 5.91 Å². The lowest BCUT2D eigenvalue weighted by Gasteiger charge is -2.38. The Hall–Kier alpha value is -3.94. The molecule has 0 aliphatic carbocycles. The molecule has 4 N–H and O–H groups in total. The van der Waals surface area contributed by atoms with Gasteiger partial charge in [0.15, 0.2) is 0 Å². The van der Waals surface area contributed by atoms with Crippen molar-refractivity contribution in [2.24, 2.45) is 5.73 Å². The van der Waals surface area contributed by atoms with Gasteiger partial charge in [0.05, 0.1) is 28.2 Å². The minimum atomic E-state index is -3.46. The van der Waals surface area contributed by atoms with E-state index in [0.717, 1.165) is 43.8 Å². The van der Waals surface area contributed by atoms with E-state index in [1.807, 2.05) is 31.2 Å². The Labute approximate surface area is 266 Å². The number of anilines is 2. The van der Waals surface area contributed by atoms with Crippen molar-refractivity contribution in [2.45, 2.75) is 45.2 Å². The van der Waals surface area contributed by atoms with E-state index >= 15 is 0 Å². The molecular formula is C31H36ClF2N5O5S. The molecule has 1 saturated heterocycles. The zero-order chi connectivity index (χ0) is 32.7. The van der Waals surface area contributed by atoms with Crippen LogP contribution in [-0.2, 0) is 16.6 Å². The van der Waals surface area contributed by atoms with Crippen LogP contribution in [0.3, 0.4) is 0 Å². The third-order valence-corrected chi connectivity index (χ3v) is 8.28. The molecule has 1 fully saturated rings. The van der Waals surface area contributed by atoms with Gasteiger partial charge in [-0.1, -0.05) is 37.1 Å². The Morgan fingerprint density at radius 2 is 1.69 bits per heavy atom. The average Bonchev–Trinajstić information content (AvgIpc) is 2.97. The van der Waals surface area contributed by atoms with Crippen molar-refractivity contribution in [1.82, 2.24) is 9.80 Å². The van der Waals surface area contributed by atoms with Crippen molar-refractivity contribution in [3.05, 3.63) is 82.4 Å². The van der Waals surface area contributed by atoms with E-state index in [0.29, 0.717) is 43.5 Å². The Kier molecular flexibility index (Phi) is 11.2. The first-order chi connectivity index (χ1) is 21.3. The van der Waals surface area contributed by atoms with Gasteiger partial charge in [-0.15, -0.1) is 0 Å². The van der Waals surface area contributed by atoms with Crippen LogP contribution < -0.4 is 20.5 Å². The molecular weight excluding hydrogens is 628 g/mol. The second-order valence-electron chi connectivity index (χ2n) is 10.9. The smallest absolute Gasteiger partial charge is 0.322 e. The fraction of sp³-hybridized carbons (Fsp3) is 0.355. The molecule has 0 spiro atoms. The maximum atomic E-state index is 14.4. The number of primary amides is 1. The monoisotopic (exact) mass is 663 g/mol. The molecule has 10 nitrogen and oxygen atoms in total. The highest BCUT2D eigenvalue weighted by Gasteiger charge is 2.28. The summed E-state index contributed by atoms with van der Waals surface area (Å²) >= 11 is 6.19. The molecule has 0 unspecified atom stereocenters. The number of unbranched alkanes of at least 4 members (excludes halogenated alkanes) is 1. The van der Waals surface area contributed by atoms with Gasteiger partial charge in [-0.2, -0.15) is 0 Å². The SMILES string of the molecule is CCCCN(C(=O)Nc1cc(C(N)=O)c(F)cc1F)C1CCN(Cc2ccc(Oc3ccc(NS(C)(=O)=O)c(Cl)c3)cc2)CC1. The average molecular weight is 664 g/mol. The minimum absolute atomic E-state index is 0.0754. The number of rotatable bonds is 12. The number of halogens is 3. The normalized spacial score (nSPS) is 14.2. The number of nitrogens with two attached hydrogens (primary N) is 1. The second kappa shape index (κ2) is 14.9. The highest BCUT2D eigenvalue weighted by molar-refractivity contribution is 7.92. The van der Waals surface area contributed by atoms with Crippen LogP contribution in [0.2, 0.25) is 5.02 Å². The molecule has 3 aromatic carbocycles. The second-order valence-corrected chi connectivity index (χ2v) is 13.1. The third-order valence-electron chi connectivity index (χ3n) is 7.38. The summed E-state index contributed by atoms with van der Waals surface area (Å²) in [6.45, 7) is 4.66. The summed E-state index contributed by atoms with van der Waals surface area (Å²) < 4.78 is 59.5. The Balaban J connectivity index is 1.33. The predicted octanol–water partition coefficient (Wildman–Crippen LogP) is 6.18. The van der Waals surface area contributed by atoms with Crippen LogP contribution in [0, 0.1) is 11.6 Å². The number of hydrogen-bond acceptors (Lipinski definition) is 6. The van der Waals surface area contributed by atoms with Crippen LogP contribution in [0.1, 0.15) is 48.5 Å². The quantitative estimate of drug-likeness (QED) is 0.212. The number of hydrogen-bond donors (Lipinski definition) is 3. The summed E-state index contributed by atoms with van der Waals surface area (Å²) in [6.07, 6.45) is 4.08. The number of nitrogens with zero attached hydrogens (tertiary/aromatic N) is 2. The number of piperidine rings is 1. The maximum Gasteiger partial charge on any atom is 0.322 e. The molecule has 0 saturated carbocycles. The Morgan fingerprint density at radius 1 is 1.02 bits per heavy atom. The maximum absolute atomic E-state index is 14.4. The van der Waals surface area contributed by atoms with Gasteiger partial charge in [-0.05, 0) is 55.2 Å². The van der Waals surface area contributed by atoms with Gasteiger partial charge in [0.1, 0.15) is 23.1 Å². The fourth-order valence-electron chi connectivity index (χ4n) is 5.09. The standard InChI is InChI=1S/C31H36ClF2N5O5S/c1-3-4-13-39(31(41)36-29-17-24(30(35)40)26(33)18-27(29)34)21-11-14-38(15-12-21)19-20-5-7-22(8-6-20)44-23-9-10-28(25(32)16-23)37-45(2,42)43/h5-10,16-18,21,37H,3-4,11-15,19H2,1-2H3,(H2,35,40)(H,36,41). The number of sulfonamides is 1. The van der Waals surface area contributed by atoms with Crippen LogP contribution in [0.5, 0.6) is 11.5 Å². The number of likely N-dealkylation sites (tertiary alicyclic amines) is 1. The molecule has 45 heavy (non-hydrogen) atoms. The highest BCUT2D eigenvalue weighted by Crippen LogP contribution is 2.31. The van der Waals surface area contributed by atoms with Gasteiger partial charge in [-0.3, -0.25) is 14.4 Å². The summed E-state index contributed by atoms with van der Waals surface area (Å²) in [4.78, 5) is 28.7. The van der Waals surface area contributed by atoms with E-state index in [9.17, 15) is 26.8 Å². The molecule has 3 aromatic rings. The number of urea groups is 1. The molecule has 1 heterocycles. The third kappa shape index (κ3) is 9.52. The molecule has 14 heteroatoms. The summed E-state index contributed by atoms with van der Waals surface area (Å²) in [5.41, 5.74) is 5.72. The molecule has 4 rings (SSSR count). The van der Waals surface area contributed by atoms with Gasteiger partial charge >= 0.3 is 6.03 Å². The Morgan fingerprint density at radius 3 is 2.29 bits per heavy atom. The molecule has 0 bridgehead atoms. The Bertz CT molecular complexity index is 1630. The largest absolute Gasteiger partial charge is 0.457 e. The van der Waals surface area contributed by atoms with E-state index in [1.165, 1.54) is 12.1 Å². The van der Waals surface area contributed by atoms with Crippen LogP contribution in [0.25, 0.3) is 0 Å². The first-order valence-electron chi connectivity index (χ1n) is 14.5. The predicted molar refractivity (Wildman–Crippen MR) is 170 cm³/mol. The zero-order valence-corrected chi connectivity index (χ0v) is 26.6. The number of nitrogens with one attached hydrogen (secondary N) is 2. The summed E-state index contributed by atoms with van der Waals surface area (Å²) in [7, 11) is -3.46. The molecule has 0 atom stereocenters. The van der Waals surface area contributed by atoms with Gasteiger partial charge < -0.3 is 20.7 Å². The topological polar surface area (TPSA) is 134 Å². The van der Waals surface area contributed by atoms with Crippen LogP contribution in [-0.4, -0.2) is 62.1 Å². The van der Waals surface area contributed by atoms with Crippen molar-refractivity contribution in [2.75, 3.05) is 35.9 Å². The lowest BCUT2D eigenvalue weighted by Crippen LogP contribution is -2.49. The van der Waals surface area contributed by atoms with Crippen LogP contribution in [0.4, 0.5) is 25.0 Å². The molecule has 0 aromatic heterocycles. The van der Waals surface area contributed by atoms with E-state index in [1.54, 1.807) is 11.0 Å². The number of carbonyl (C=O) groups excluding carboxylic acids is 2. The molecule has 3 amide bonds. The van der Waals surface area contributed by atoms with E-state index < -0.39 is 39.2 Å². The lowest BCUT2D eigenvalue weighted by molar-refractivity contribution is 0.0996. The van der Waals surface area contributed by atoms with Gasteiger partial charge in [-0.25, -0.2) is 22.0 Å². The first kappa shape index (κ1) is 33.9. The van der Waals surface area contributed by atoms with E-state index in [4.69, 9.17) is 22.1 Å². The van der Waals surface area contributed by atoms with Crippen molar-refractivity contribution in [3.8, 4) is 11.5 Å². The van der Waals surface area contributed by atoms with E-state index in [2.05, 4.69) is 14.9 Å². The summed E-state index contributed by atoms with van der Waals surface area (Å²) in [5.74, 6) is -2.08. The molecule has 0 radical (unpaired) electrons. The lowest BCUT2D eigenvalue weighted by atomic mass is 10.0. The van der Waals surface area contributed by atoms with Crippen LogP contribution >= 0.6 is 11.6 Å². The molecule has 1 aliphatic rings. The number of ether oxygens (including phenoxy) is 1. The van der Waals surface area contributed by atoms with Gasteiger partial charge in [0, 0.05) is 44.4 Å². The summed E-state index contributed by atoms with van der Waals surface area (Å²) in [6, 6.07) is 13.2. The summed E-state index contributed by atoms with van der Waals surface area (Å²) in [5, 5.41) is 2.72. The fourth-order valence-corrected chi connectivity index (χ4v) is 5.94. The van der Waals surface area contributed by atoms with Gasteiger partial charge in [0.2, 0.25) is 10.0 Å². The zero-order valence-electron chi connectivity index (χ0n) is 25.0. The highest BCUT2D eigenvalue weighted by atomic mass is 35.5. The molecule has 242 valence electrons.